The van der Waals surface area contributed by atoms with Crippen LogP contribution in [0, 0.1) is 0 Å². The smallest absolute Gasteiger partial charge is 0.0992 e. The first-order chi connectivity index (χ1) is 10.5. The molecule has 1 aliphatic rings. The second-order valence-corrected chi connectivity index (χ2v) is 6.58. The van der Waals surface area contributed by atoms with E-state index >= 15 is 0 Å². The van der Waals surface area contributed by atoms with E-state index in [-0.39, 0.29) is 12.7 Å². The highest BCUT2D eigenvalue weighted by Gasteiger charge is 2.32. The van der Waals surface area contributed by atoms with E-state index in [1.807, 2.05) is 37.3 Å². The van der Waals surface area contributed by atoms with Gasteiger partial charge in [0.1, 0.15) is 0 Å². The zero-order chi connectivity index (χ0) is 16.2. The van der Waals surface area contributed by atoms with Gasteiger partial charge in [-0.1, -0.05) is 43.8 Å². The van der Waals surface area contributed by atoms with E-state index < -0.39 is 5.41 Å². The second kappa shape index (κ2) is 7.25. The molecule has 1 saturated heterocycles. The SMILES string of the molecule is C=C1CC(OCC(C)(COF)c2ccccc2)CC(C)N1C. The minimum absolute atomic E-state index is 0.0138. The molecule has 0 spiro atoms. The molecule has 0 bridgehead atoms. The maximum atomic E-state index is 12.5. The Balaban J connectivity index is 2.02. The fraction of sp³-hybridized carbons (Fsp3) is 0.556. The van der Waals surface area contributed by atoms with Gasteiger partial charge in [-0.2, -0.15) is 4.94 Å². The van der Waals surface area contributed by atoms with Crippen LogP contribution >= 0.6 is 0 Å². The van der Waals surface area contributed by atoms with Gasteiger partial charge in [0.2, 0.25) is 0 Å². The predicted octanol–water partition coefficient (Wildman–Crippen LogP) is 3.86. The van der Waals surface area contributed by atoms with Crippen LogP contribution in [0.15, 0.2) is 42.6 Å². The molecule has 1 heterocycles. The van der Waals surface area contributed by atoms with Crippen molar-refractivity contribution in [2.75, 3.05) is 20.3 Å². The van der Waals surface area contributed by atoms with Crippen LogP contribution < -0.4 is 0 Å². The van der Waals surface area contributed by atoms with E-state index in [1.54, 1.807) is 0 Å². The third-order valence-corrected chi connectivity index (χ3v) is 4.71. The maximum absolute atomic E-state index is 12.5. The van der Waals surface area contributed by atoms with Crippen LogP contribution in [0.3, 0.4) is 0 Å². The molecule has 0 N–H and O–H groups in total. The monoisotopic (exact) mass is 307 g/mol. The summed E-state index contributed by atoms with van der Waals surface area (Å²) < 4.78 is 18.6. The van der Waals surface area contributed by atoms with E-state index in [0.29, 0.717) is 12.6 Å². The van der Waals surface area contributed by atoms with Gasteiger partial charge in [0.05, 0.1) is 19.3 Å². The molecule has 0 amide bonds. The lowest BCUT2D eigenvalue weighted by molar-refractivity contribution is -0.159. The van der Waals surface area contributed by atoms with Gasteiger partial charge in [-0.3, -0.25) is 0 Å². The van der Waals surface area contributed by atoms with E-state index in [4.69, 9.17) is 4.74 Å². The van der Waals surface area contributed by atoms with Crippen molar-refractivity contribution in [1.29, 1.82) is 0 Å². The standard InChI is InChI=1S/C18H26FNO2/c1-14-10-17(11-15(2)20(14)4)21-12-18(3,13-22-19)16-8-6-5-7-9-16/h5-9,15,17H,1,10-13H2,2-4H3. The molecule has 22 heavy (non-hydrogen) atoms. The molecule has 1 fully saturated rings. The first kappa shape index (κ1) is 17.0. The molecule has 3 unspecified atom stereocenters. The average Bonchev–Trinajstić information content (AvgIpc) is 2.51. The molecule has 1 aromatic rings. The Morgan fingerprint density at radius 1 is 1.32 bits per heavy atom. The minimum atomic E-state index is -0.496. The number of ether oxygens (including phenoxy) is 1. The van der Waals surface area contributed by atoms with Crippen molar-refractivity contribution in [2.24, 2.45) is 0 Å². The van der Waals surface area contributed by atoms with Crippen LogP contribution in [0.1, 0.15) is 32.3 Å². The van der Waals surface area contributed by atoms with Gasteiger partial charge in [0.15, 0.2) is 0 Å². The summed E-state index contributed by atoms with van der Waals surface area (Å²) in [7, 11) is 2.06. The number of rotatable bonds is 6. The number of nitrogens with zero attached hydrogens (tertiary/aromatic N) is 1. The van der Waals surface area contributed by atoms with E-state index in [1.165, 1.54) is 0 Å². The van der Waals surface area contributed by atoms with E-state index in [0.717, 1.165) is 24.1 Å². The van der Waals surface area contributed by atoms with Gasteiger partial charge in [-0.15, -0.1) is 0 Å². The highest BCUT2D eigenvalue weighted by molar-refractivity contribution is 5.24. The largest absolute Gasteiger partial charge is 0.377 e. The van der Waals surface area contributed by atoms with Crippen LogP contribution in [0.5, 0.6) is 0 Å². The van der Waals surface area contributed by atoms with Crippen LogP contribution in [0.25, 0.3) is 0 Å². The first-order valence-corrected chi connectivity index (χ1v) is 7.77. The molecule has 0 aliphatic carbocycles. The van der Waals surface area contributed by atoms with Gasteiger partial charge in [-0.05, 0) is 23.4 Å². The Bertz CT molecular complexity index is 493. The summed E-state index contributed by atoms with van der Waals surface area (Å²) >= 11 is 0. The van der Waals surface area contributed by atoms with Gasteiger partial charge >= 0.3 is 0 Å². The normalized spacial score (nSPS) is 25.1. The molecule has 0 saturated carbocycles. The summed E-state index contributed by atoms with van der Waals surface area (Å²) in [6.07, 6.45) is 1.90. The van der Waals surface area contributed by atoms with Crippen LogP contribution in [-0.4, -0.2) is 37.3 Å². The van der Waals surface area contributed by atoms with Gasteiger partial charge in [0.25, 0.3) is 0 Å². The van der Waals surface area contributed by atoms with Crippen LogP contribution in [-0.2, 0) is 15.1 Å². The number of piperidine rings is 1. The van der Waals surface area contributed by atoms with Crippen molar-refractivity contribution in [3.8, 4) is 0 Å². The van der Waals surface area contributed by atoms with Gasteiger partial charge in [-0.25, -0.2) is 0 Å². The maximum Gasteiger partial charge on any atom is 0.0992 e. The molecule has 1 aliphatic heterocycles. The average molecular weight is 307 g/mol. The molecule has 4 heteroatoms. The van der Waals surface area contributed by atoms with Gasteiger partial charge in [0, 0.05) is 30.6 Å². The molecule has 0 radical (unpaired) electrons. The van der Waals surface area contributed by atoms with E-state index in [9.17, 15) is 4.53 Å². The van der Waals surface area contributed by atoms with Crippen LogP contribution in [0.2, 0.25) is 0 Å². The second-order valence-electron chi connectivity index (χ2n) is 6.58. The summed E-state index contributed by atoms with van der Waals surface area (Å²) in [5.74, 6) is 0. The number of benzene rings is 1. The molecule has 3 nitrogen and oxygen atoms in total. The highest BCUT2D eigenvalue weighted by Crippen LogP contribution is 2.29. The molecule has 0 aromatic heterocycles. The van der Waals surface area contributed by atoms with Crippen LogP contribution in [0.4, 0.5) is 4.53 Å². The lowest BCUT2D eigenvalue weighted by Gasteiger charge is -2.39. The topological polar surface area (TPSA) is 21.7 Å². The predicted molar refractivity (Wildman–Crippen MR) is 86.2 cm³/mol. The fourth-order valence-corrected chi connectivity index (χ4v) is 2.94. The van der Waals surface area contributed by atoms with Crippen molar-refractivity contribution in [1.82, 2.24) is 4.90 Å². The number of hydrogen-bond donors (Lipinski definition) is 0. The zero-order valence-electron chi connectivity index (χ0n) is 13.7. The number of likely N-dealkylation sites (tertiary alicyclic amines) is 1. The molecule has 122 valence electrons. The fourth-order valence-electron chi connectivity index (χ4n) is 2.94. The lowest BCUT2D eigenvalue weighted by atomic mass is 9.84. The summed E-state index contributed by atoms with van der Waals surface area (Å²) in [4.78, 5) is 6.15. The summed E-state index contributed by atoms with van der Waals surface area (Å²) in [5.41, 5.74) is 1.61. The molecule has 3 atom stereocenters. The number of halogens is 1. The molecular weight excluding hydrogens is 281 g/mol. The van der Waals surface area contributed by atoms with Crippen molar-refractivity contribution in [3.05, 3.63) is 48.2 Å². The van der Waals surface area contributed by atoms with Crippen molar-refractivity contribution >= 4 is 0 Å². The summed E-state index contributed by atoms with van der Waals surface area (Å²) in [6, 6.07) is 10.2. The third kappa shape index (κ3) is 3.87. The Morgan fingerprint density at radius 3 is 2.59 bits per heavy atom. The van der Waals surface area contributed by atoms with Crippen molar-refractivity contribution in [2.45, 2.75) is 44.2 Å². The Labute approximate surface area is 132 Å². The molecular formula is C18H26FNO2. The number of hydrogen-bond acceptors (Lipinski definition) is 3. The summed E-state index contributed by atoms with van der Waals surface area (Å²) in [5, 5.41) is 0. The Morgan fingerprint density at radius 2 is 2.00 bits per heavy atom. The van der Waals surface area contributed by atoms with Crippen molar-refractivity contribution < 1.29 is 14.2 Å². The summed E-state index contributed by atoms with van der Waals surface area (Å²) in [6.45, 7) is 8.64. The molecule has 2 rings (SSSR count). The van der Waals surface area contributed by atoms with Gasteiger partial charge < -0.3 is 9.64 Å². The van der Waals surface area contributed by atoms with Crippen molar-refractivity contribution in [3.63, 3.8) is 0 Å². The third-order valence-electron chi connectivity index (χ3n) is 4.71. The Hall–Kier alpha value is -1.39. The minimum Gasteiger partial charge on any atom is -0.377 e. The highest BCUT2D eigenvalue weighted by atomic mass is 19.3. The Kier molecular flexibility index (Phi) is 5.59. The molecule has 1 aromatic carbocycles. The first-order valence-electron chi connectivity index (χ1n) is 7.77. The lowest BCUT2D eigenvalue weighted by Crippen LogP contribution is -2.41. The zero-order valence-corrected chi connectivity index (χ0v) is 13.7. The van der Waals surface area contributed by atoms with E-state index in [2.05, 4.69) is 30.4 Å². The quantitative estimate of drug-likeness (QED) is 0.796.